The van der Waals surface area contributed by atoms with Crippen LogP contribution in [-0.2, 0) is 0 Å². The zero-order chi connectivity index (χ0) is 16.9. The lowest BCUT2D eigenvalue weighted by molar-refractivity contribution is 0.102. The van der Waals surface area contributed by atoms with E-state index in [-0.39, 0.29) is 5.91 Å². The van der Waals surface area contributed by atoms with Gasteiger partial charge in [-0.2, -0.15) is 0 Å². The van der Waals surface area contributed by atoms with E-state index in [2.05, 4.69) is 15.5 Å². The number of ether oxygens (including phenoxy) is 2. The molecule has 122 valence electrons. The predicted molar refractivity (Wildman–Crippen MR) is 92.8 cm³/mol. The molecule has 1 heterocycles. The lowest BCUT2D eigenvalue weighted by Crippen LogP contribution is -2.12. The summed E-state index contributed by atoms with van der Waals surface area (Å²) in [6, 6.07) is 14.5. The lowest BCUT2D eigenvalue weighted by Gasteiger charge is -2.06. The number of rotatable bonds is 5. The van der Waals surface area contributed by atoms with Crippen LogP contribution < -0.4 is 14.8 Å². The highest BCUT2D eigenvalue weighted by atomic mass is 32.1. The molecule has 0 saturated heterocycles. The molecule has 0 atom stereocenters. The number of para-hydroxylation sites is 1. The van der Waals surface area contributed by atoms with Crippen LogP contribution in [0.1, 0.15) is 10.4 Å². The Balaban J connectivity index is 1.77. The molecule has 0 fully saturated rings. The molecule has 0 bridgehead atoms. The predicted octanol–water partition coefficient (Wildman–Crippen LogP) is 3.47. The van der Waals surface area contributed by atoms with Gasteiger partial charge in [-0.25, -0.2) is 0 Å². The molecule has 0 aliphatic heterocycles. The minimum absolute atomic E-state index is 0.287. The molecule has 0 aliphatic rings. The van der Waals surface area contributed by atoms with E-state index >= 15 is 0 Å². The van der Waals surface area contributed by atoms with E-state index < -0.39 is 0 Å². The quantitative estimate of drug-likeness (QED) is 0.769. The summed E-state index contributed by atoms with van der Waals surface area (Å²) in [7, 11) is 3.14. The Morgan fingerprint density at radius 2 is 1.75 bits per heavy atom. The first-order valence-corrected chi connectivity index (χ1v) is 7.95. The number of hydrogen-bond donors (Lipinski definition) is 1. The SMILES string of the molecule is COc1ccc(-c2nnc(NC(=O)c3ccccc3OC)s2)cc1. The Hall–Kier alpha value is -2.93. The lowest BCUT2D eigenvalue weighted by atomic mass is 10.2. The first kappa shape index (κ1) is 15.9. The van der Waals surface area contributed by atoms with Crippen molar-refractivity contribution in [1.29, 1.82) is 0 Å². The highest BCUT2D eigenvalue weighted by Crippen LogP contribution is 2.28. The fraction of sp³-hybridized carbons (Fsp3) is 0.118. The van der Waals surface area contributed by atoms with Gasteiger partial charge in [0.2, 0.25) is 5.13 Å². The van der Waals surface area contributed by atoms with Crippen LogP contribution >= 0.6 is 11.3 Å². The third-order valence-corrected chi connectivity index (χ3v) is 4.22. The van der Waals surface area contributed by atoms with Crippen LogP contribution in [0.2, 0.25) is 0 Å². The number of hydrogen-bond acceptors (Lipinski definition) is 6. The number of benzene rings is 2. The van der Waals surface area contributed by atoms with E-state index in [0.29, 0.717) is 21.5 Å². The molecule has 1 aromatic heterocycles. The number of nitrogens with zero attached hydrogens (tertiary/aromatic N) is 2. The molecule has 6 nitrogen and oxygen atoms in total. The minimum atomic E-state index is -0.287. The van der Waals surface area contributed by atoms with Gasteiger partial charge in [0, 0.05) is 5.56 Å². The Labute approximate surface area is 143 Å². The molecule has 3 aromatic rings. The standard InChI is InChI=1S/C17H15N3O3S/c1-22-12-9-7-11(8-10-12)16-19-20-17(24-16)18-15(21)13-5-3-4-6-14(13)23-2/h3-10H,1-2H3,(H,18,20,21). The van der Waals surface area contributed by atoms with Crippen molar-refractivity contribution in [2.24, 2.45) is 0 Å². The normalized spacial score (nSPS) is 10.2. The van der Waals surface area contributed by atoms with Gasteiger partial charge in [-0.1, -0.05) is 23.5 Å². The van der Waals surface area contributed by atoms with Crippen molar-refractivity contribution < 1.29 is 14.3 Å². The number of anilines is 1. The number of carbonyl (C=O) groups is 1. The summed E-state index contributed by atoms with van der Waals surface area (Å²) >= 11 is 1.30. The van der Waals surface area contributed by atoms with Crippen molar-refractivity contribution >= 4 is 22.4 Å². The maximum Gasteiger partial charge on any atom is 0.261 e. The highest BCUT2D eigenvalue weighted by Gasteiger charge is 2.14. The van der Waals surface area contributed by atoms with Crippen LogP contribution in [0, 0.1) is 0 Å². The molecule has 3 rings (SSSR count). The fourth-order valence-corrected chi connectivity index (χ4v) is 2.86. The van der Waals surface area contributed by atoms with Crippen LogP contribution in [-0.4, -0.2) is 30.3 Å². The monoisotopic (exact) mass is 341 g/mol. The summed E-state index contributed by atoms with van der Waals surface area (Å²) in [6.45, 7) is 0. The van der Waals surface area contributed by atoms with Gasteiger partial charge >= 0.3 is 0 Å². The van der Waals surface area contributed by atoms with Gasteiger partial charge in [-0.15, -0.1) is 10.2 Å². The molecular formula is C17H15N3O3S. The smallest absolute Gasteiger partial charge is 0.261 e. The molecule has 7 heteroatoms. The zero-order valence-electron chi connectivity index (χ0n) is 13.1. The summed E-state index contributed by atoms with van der Waals surface area (Å²) in [5, 5.41) is 12.0. The van der Waals surface area contributed by atoms with Crippen molar-refractivity contribution in [2.45, 2.75) is 0 Å². The van der Waals surface area contributed by atoms with Crippen LogP contribution in [0.3, 0.4) is 0 Å². The minimum Gasteiger partial charge on any atom is -0.497 e. The first-order chi connectivity index (χ1) is 11.7. The van der Waals surface area contributed by atoms with Crippen LogP contribution in [0.4, 0.5) is 5.13 Å². The van der Waals surface area contributed by atoms with Crippen molar-refractivity contribution in [3.8, 4) is 22.1 Å². The first-order valence-electron chi connectivity index (χ1n) is 7.13. The van der Waals surface area contributed by atoms with E-state index in [9.17, 15) is 4.79 Å². The average Bonchev–Trinajstić information content (AvgIpc) is 3.10. The maximum atomic E-state index is 12.4. The molecule has 1 N–H and O–H groups in total. The van der Waals surface area contributed by atoms with E-state index in [1.807, 2.05) is 30.3 Å². The highest BCUT2D eigenvalue weighted by molar-refractivity contribution is 7.18. The summed E-state index contributed by atoms with van der Waals surface area (Å²) < 4.78 is 10.3. The van der Waals surface area contributed by atoms with Gasteiger partial charge in [0.15, 0.2) is 0 Å². The largest absolute Gasteiger partial charge is 0.497 e. The van der Waals surface area contributed by atoms with E-state index in [1.54, 1.807) is 25.3 Å². The molecule has 0 radical (unpaired) electrons. The Bertz CT molecular complexity index is 846. The number of methoxy groups -OCH3 is 2. The van der Waals surface area contributed by atoms with E-state index in [0.717, 1.165) is 11.3 Å². The summed E-state index contributed by atoms with van der Waals surface area (Å²) in [5.74, 6) is 0.993. The van der Waals surface area contributed by atoms with Crippen molar-refractivity contribution in [2.75, 3.05) is 19.5 Å². The van der Waals surface area contributed by atoms with Crippen molar-refractivity contribution in [3.63, 3.8) is 0 Å². The van der Waals surface area contributed by atoms with Crippen LogP contribution in [0.25, 0.3) is 10.6 Å². The second kappa shape index (κ2) is 7.10. The summed E-state index contributed by atoms with van der Waals surface area (Å²) in [4.78, 5) is 12.4. The molecule has 1 amide bonds. The maximum absolute atomic E-state index is 12.4. The Kier molecular flexibility index (Phi) is 4.72. The number of nitrogens with one attached hydrogen (secondary N) is 1. The van der Waals surface area contributed by atoms with E-state index in [1.165, 1.54) is 18.4 Å². The Morgan fingerprint density at radius 3 is 2.46 bits per heavy atom. The summed E-state index contributed by atoms with van der Waals surface area (Å²) in [5.41, 5.74) is 1.35. The molecule has 24 heavy (non-hydrogen) atoms. The number of carbonyl (C=O) groups excluding carboxylic acids is 1. The number of amides is 1. The van der Waals surface area contributed by atoms with Gasteiger partial charge in [-0.3, -0.25) is 10.1 Å². The van der Waals surface area contributed by atoms with Gasteiger partial charge in [0.1, 0.15) is 16.5 Å². The van der Waals surface area contributed by atoms with E-state index in [4.69, 9.17) is 9.47 Å². The second-order valence-corrected chi connectivity index (χ2v) is 5.77. The van der Waals surface area contributed by atoms with Gasteiger partial charge in [-0.05, 0) is 36.4 Å². The second-order valence-electron chi connectivity index (χ2n) is 4.80. The zero-order valence-corrected chi connectivity index (χ0v) is 14.0. The summed E-state index contributed by atoms with van der Waals surface area (Å²) in [6.07, 6.45) is 0. The molecule has 0 aliphatic carbocycles. The average molecular weight is 341 g/mol. The third kappa shape index (κ3) is 3.36. The Morgan fingerprint density at radius 1 is 1.00 bits per heavy atom. The molecule has 0 unspecified atom stereocenters. The van der Waals surface area contributed by atoms with Crippen LogP contribution in [0.5, 0.6) is 11.5 Å². The number of aromatic nitrogens is 2. The topological polar surface area (TPSA) is 73.3 Å². The molecular weight excluding hydrogens is 326 g/mol. The molecule has 0 spiro atoms. The van der Waals surface area contributed by atoms with Gasteiger partial charge in [0.25, 0.3) is 5.91 Å². The van der Waals surface area contributed by atoms with Crippen molar-refractivity contribution in [3.05, 3.63) is 54.1 Å². The molecule has 0 saturated carbocycles. The van der Waals surface area contributed by atoms with Gasteiger partial charge < -0.3 is 9.47 Å². The molecule has 2 aromatic carbocycles. The van der Waals surface area contributed by atoms with Crippen LogP contribution in [0.15, 0.2) is 48.5 Å². The fourth-order valence-electron chi connectivity index (χ4n) is 2.12. The van der Waals surface area contributed by atoms with Gasteiger partial charge in [0.05, 0.1) is 19.8 Å². The third-order valence-electron chi connectivity index (χ3n) is 3.33. The van der Waals surface area contributed by atoms with Crippen molar-refractivity contribution in [1.82, 2.24) is 10.2 Å².